The molecule has 0 aliphatic carbocycles. The van der Waals surface area contributed by atoms with Crippen LogP contribution in [0.15, 0.2) is 24.3 Å². The van der Waals surface area contributed by atoms with Gasteiger partial charge in [0.15, 0.2) is 0 Å². The Morgan fingerprint density at radius 2 is 2.24 bits per heavy atom. The van der Waals surface area contributed by atoms with Gasteiger partial charge in [0.1, 0.15) is 0 Å². The quantitative estimate of drug-likeness (QED) is 0.832. The third kappa shape index (κ3) is 3.07. The first-order valence-electron chi connectivity index (χ1n) is 6.00. The first-order chi connectivity index (χ1) is 8.18. The summed E-state index contributed by atoms with van der Waals surface area (Å²) in [5.41, 5.74) is 7.75. The summed E-state index contributed by atoms with van der Waals surface area (Å²) in [5, 5.41) is 0.194. The SMILES string of the molecule is CC1OCCC1S(=O)CCc1ccccc1N. The molecule has 4 heteroatoms. The Labute approximate surface area is 105 Å². The zero-order chi connectivity index (χ0) is 12.3. The van der Waals surface area contributed by atoms with Crippen LogP contribution in [0.1, 0.15) is 18.9 Å². The van der Waals surface area contributed by atoms with E-state index in [-0.39, 0.29) is 11.4 Å². The molecule has 0 radical (unpaired) electrons. The Bertz CT molecular complexity index is 408. The van der Waals surface area contributed by atoms with Crippen molar-refractivity contribution in [2.75, 3.05) is 18.1 Å². The lowest BCUT2D eigenvalue weighted by Crippen LogP contribution is -2.25. The summed E-state index contributed by atoms with van der Waals surface area (Å²) in [7, 11) is -0.815. The van der Waals surface area contributed by atoms with Crippen molar-refractivity contribution in [1.29, 1.82) is 0 Å². The minimum atomic E-state index is -0.815. The number of hydrogen-bond acceptors (Lipinski definition) is 3. The van der Waals surface area contributed by atoms with E-state index in [0.717, 1.165) is 30.7 Å². The summed E-state index contributed by atoms with van der Waals surface area (Å²) in [6.07, 6.45) is 1.82. The van der Waals surface area contributed by atoms with Gasteiger partial charge in [-0.1, -0.05) is 18.2 Å². The van der Waals surface area contributed by atoms with Crippen molar-refractivity contribution < 1.29 is 8.95 Å². The first-order valence-corrected chi connectivity index (χ1v) is 7.39. The highest BCUT2D eigenvalue weighted by Gasteiger charge is 2.29. The number of ether oxygens (including phenoxy) is 1. The molecular formula is C13H19NO2S. The standard InChI is InChI=1S/C13H19NO2S/c1-10-13(6-8-16-10)17(15)9-7-11-4-2-3-5-12(11)14/h2-5,10,13H,6-9,14H2,1H3. The zero-order valence-electron chi connectivity index (χ0n) is 10.1. The molecule has 1 fully saturated rings. The lowest BCUT2D eigenvalue weighted by Gasteiger charge is -2.13. The Hall–Kier alpha value is -0.870. The maximum atomic E-state index is 12.1. The van der Waals surface area contributed by atoms with E-state index < -0.39 is 10.8 Å². The third-order valence-corrected chi connectivity index (χ3v) is 5.17. The second-order valence-corrected chi connectivity index (χ2v) is 6.21. The van der Waals surface area contributed by atoms with E-state index in [2.05, 4.69) is 0 Å². The van der Waals surface area contributed by atoms with Crippen molar-refractivity contribution in [2.24, 2.45) is 0 Å². The number of hydrogen-bond donors (Lipinski definition) is 1. The fourth-order valence-corrected chi connectivity index (χ4v) is 3.77. The average Bonchev–Trinajstić information content (AvgIpc) is 2.74. The molecule has 0 amide bonds. The average molecular weight is 253 g/mol. The second kappa shape index (κ2) is 5.65. The number of aryl methyl sites for hydroxylation is 1. The molecule has 0 aromatic heterocycles. The number of rotatable bonds is 4. The van der Waals surface area contributed by atoms with E-state index in [4.69, 9.17) is 10.5 Å². The summed E-state index contributed by atoms with van der Waals surface area (Å²) in [6, 6.07) is 7.78. The predicted octanol–water partition coefficient (Wildman–Crippen LogP) is 1.74. The highest BCUT2D eigenvalue weighted by molar-refractivity contribution is 7.85. The van der Waals surface area contributed by atoms with Gasteiger partial charge in [-0.25, -0.2) is 0 Å². The Balaban J connectivity index is 1.90. The van der Waals surface area contributed by atoms with E-state index in [1.807, 2.05) is 31.2 Å². The fraction of sp³-hybridized carbons (Fsp3) is 0.538. The van der Waals surface area contributed by atoms with Crippen LogP contribution in [0.3, 0.4) is 0 Å². The number of para-hydroxylation sites is 1. The molecule has 0 spiro atoms. The Morgan fingerprint density at radius 1 is 1.47 bits per heavy atom. The van der Waals surface area contributed by atoms with Gasteiger partial charge in [0.05, 0.1) is 11.4 Å². The summed E-state index contributed by atoms with van der Waals surface area (Å²) in [5.74, 6) is 0.673. The summed E-state index contributed by atoms with van der Waals surface area (Å²) in [4.78, 5) is 0. The zero-order valence-corrected chi connectivity index (χ0v) is 10.9. The van der Waals surface area contributed by atoms with Gasteiger partial charge in [-0.15, -0.1) is 0 Å². The van der Waals surface area contributed by atoms with Crippen LogP contribution in [-0.4, -0.2) is 27.9 Å². The summed E-state index contributed by atoms with van der Waals surface area (Å²) >= 11 is 0. The molecule has 17 heavy (non-hydrogen) atoms. The van der Waals surface area contributed by atoms with Crippen LogP contribution >= 0.6 is 0 Å². The number of nitrogen functional groups attached to an aromatic ring is 1. The normalized spacial score (nSPS) is 25.9. The molecule has 1 aliphatic rings. The third-order valence-electron chi connectivity index (χ3n) is 3.27. The van der Waals surface area contributed by atoms with Gasteiger partial charge in [-0.3, -0.25) is 4.21 Å². The molecule has 3 atom stereocenters. The van der Waals surface area contributed by atoms with Gasteiger partial charge < -0.3 is 10.5 Å². The van der Waals surface area contributed by atoms with Crippen LogP contribution in [0.2, 0.25) is 0 Å². The molecule has 0 bridgehead atoms. The van der Waals surface area contributed by atoms with Gasteiger partial charge in [-0.05, 0) is 31.4 Å². The van der Waals surface area contributed by atoms with Gasteiger partial charge in [0.25, 0.3) is 0 Å². The van der Waals surface area contributed by atoms with E-state index in [1.54, 1.807) is 0 Å². The molecule has 1 aliphatic heterocycles. The molecule has 2 rings (SSSR count). The van der Waals surface area contributed by atoms with Crippen molar-refractivity contribution in [1.82, 2.24) is 0 Å². The van der Waals surface area contributed by atoms with Crippen LogP contribution < -0.4 is 5.73 Å². The highest BCUT2D eigenvalue weighted by atomic mass is 32.2. The van der Waals surface area contributed by atoms with E-state index >= 15 is 0 Å². The maximum Gasteiger partial charge on any atom is 0.0691 e. The van der Waals surface area contributed by atoms with Crippen molar-refractivity contribution in [3.63, 3.8) is 0 Å². The van der Waals surface area contributed by atoms with Gasteiger partial charge in [0, 0.05) is 28.8 Å². The highest BCUT2D eigenvalue weighted by Crippen LogP contribution is 2.20. The lowest BCUT2D eigenvalue weighted by atomic mass is 10.1. The number of anilines is 1. The molecule has 1 heterocycles. The predicted molar refractivity (Wildman–Crippen MR) is 71.4 cm³/mol. The monoisotopic (exact) mass is 253 g/mol. The minimum absolute atomic E-state index is 0.129. The van der Waals surface area contributed by atoms with E-state index in [9.17, 15) is 4.21 Å². The van der Waals surface area contributed by atoms with Crippen LogP contribution in [0.25, 0.3) is 0 Å². The number of benzene rings is 1. The molecule has 0 saturated carbocycles. The fourth-order valence-electron chi connectivity index (χ4n) is 2.18. The summed E-state index contributed by atoms with van der Waals surface area (Å²) in [6.45, 7) is 2.75. The number of nitrogens with two attached hydrogens (primary N) is 1. The molecule has 94 valence electrons. The van der Waals surface area contributed by atoms with Crippen molar-refractivity contribution in [2.45, 2.75) is 31.1 Å². The van der Waals surface area contributed by atoms with E-state index in [1.165, 1.54) is 0 Å². The van der Waals surface area contributed by atoms with Crippen molar-refractivity contribution in [3.05, 3.63) is 29.8 Å². The Morgan fingerprint density at radius 3 is 2.88 bits per heavy atom. The van der Waals surface area contributed by atoms with Gasteiger partial charge >= 0.3 is 0 Å². The molecule has 1 saturated heterocycles. The lowest BCUT2D eigenvalue weighted by molar-refractivity contribution is 0.127. The molecule has 1 aromatic rings. The van der Waals surface area contributed by atoms with Crippen molar-refractivity contribution >= 4 is 16.5 Å². The minimum Gasteiger partial charge on any atom is -0.399 e. The molecule has 3 unspecified atom stereocenters. The van der Waals surface area contributed by atoms with Gasteiger partial charge in [-0.2, -0.15) is 0 Å². The smallest absolute Gasteiger partial charge is 0.0691 e. The van der Waals surface area contributed by atoms with E-state index in [0.29, 0.717) is 5.75 Å². The molecule has 3 nitrogen and oxygen atoms in total. The molecule has 1 aromatic carbocycles. The Kier molecular flexibility index (Phi) is 4.18. The van der Waals surface area contributed by atoms with Crippen LogP contribution in [0, 0.1) is 0 Å². The summed E-state index contributed by atoms with van der Waals surface area (Å²) < 4.78 is 17.6. The van der Waals surface area contributed by atoms with Gasteiger partial charge in [0.2, 0.25) is 0 Å². The molecule has 2 N–H and O–H groups in total. The molecular weight excluding hydrogens is 234 g/mol. The maximum absolute atomic E-state index is 12.1. The topological polar surface area (TPSA) is 52.3 Å². The first kappa shape index (κ1) is 12.6. The van der Waals surface area contributed by atoms with Crippen LogP contribution in [-0.2, 0) is 22.0 Å². The largest absolute Gasteiger partial charge is 0.399 e. The van der Waals surface area contributed by atoms with Crippen LogP contribution in [0.4, 0.5) is 5.69 Å². The van der Waals surface area contributed by atoms with Crippen LogP contribution in [0.5, 0.6) is 0 Å². The second-order valence-electron chi connectivity index (χ2n) is 4.44. The van der Waals surface area contributed by atoms with Crippen molar-refractivity contribution in [3.8, 4) is 0 Å².